The molecule has 4 aliphatic rings. The zero-order valence-corrected chi connectivity index (χ0v) is 18.6. The molecule has 0 saturated heterocycles. The summed E-state index contributed by atoms with van der Waals surface area (Å²) in [6, 6.07) is -0.189. The van der Waals surface area contributed by atoms with Crippen molar-refractivity contribution >= 4 is 11.6 Å². The first kappa shape index (κ1) is 21.1. The van der Waals surface area contributed by atoms with Gasteiger partial charge in [0.05, 0.1) is 11.5 Å². The average molecular weight is 404 g/mol. The van der Waals surface area contributed by atoms with Crippen molar-refractivity contribution < 1.29 is 9.59 Å². The van der Waals surface area contributed by atoms with Gasteiger partial charge in [-0.05, 0) is 62.7 Å². The van der Waals surface area contributed by atoms with Crippen LogP contribution in [0.3, 0.4) is 0 Å². The quantitative estimate of drug-likeness (QED) is 0.685. The van der Waals surface area contributed by atoms with Crippen molar-refractivity contribution in [1.82, 2.24) is 0 Å². The number of hydrogen-bond acceptors (Lipinski definition) is 6. The summed E-state index contributed by atoms with van der Waals surface area (Å²) in [6.07, 6.45) is 5.32. The zero-order chi connectivity index (χ0) is 21.7. The van der Waals surface area contributed by atoms with Crippen molar-refractivity contribution in [3.63, 3.8) is 0 Å². The van der Waals surface area contributed by atoms with Gasteiger partial charge in [-0.3, -0.25) is 9.59 Å². The third-order valence-corrected chi connectivity index (χ3v) is 11.2. The van der Waals surface area contributed by atoms with Crippen LogP contribution in [0.15, 0.2) is 5.18 Å². The lowest BCUT2D eigenvalue weighted by Crippen LogP contribution is -2.87. The van der Waals surface area contributed by atoms with E-state index in [-0.39, 0.29) is 34.4 Å². The lowest BCUT2D eigenvalue weighted by atomic mass is 9.30. The van der Waals surface area contributed by atoms with E-state index in [9.17, 15) is 14.5 Å². The molecule has 0 heterocycles. The van der Waals surface area contributed by atoms with Crippen LogP contribution in [0.5, 0.6) is 0 Å². The largest absolute Gasteiger partial charge is 0.323 e. The molecule has 1 unspecified atom stereocenters. The number of carbonyl (C=O) groups excluding carboxylic acids is 2. The second kappa shape index (κ2) is 5.76. The van der Waals surface area contributed by atoms with E-state index >= 15 is 0 Å². The number of rotatable bonds is 2. The third-order valence-electron chi connectivity index (χ3n) is 11.2. The Labute approximate surface area is 173 Å². The first-order valence-corrected chi connectivity index (χ1v) is 11.2. The van der Waals surface area contributed by atoms with Crippen LogP contribution in [0.4, 0.5) is 0 Å². The highest BCUT2D eigenvalue weighted by molar-refractivity contribution is 5.92. The number of nitrogens with zero attached hydrogens (tertiary/aromatic N) is 1. The summed E-state index contributed by atoms with van der Waals surface area (Å²) in [7, 11) is 0. The summed E-state index contributed by atoms with van der Waals surface area (Å²) >= 11 is 0. The zero-order valence-electron chi connectivity index (χ0n) is 18.6. The Morgan fingerprint density at radius 1 is 1.00 bits per heavy atom. The maximum absolute atomic E-state index is 14.0. The van der Waals surface area contributed by atoms with E-state index in [1.165, 1.54) is 0 Å². The van der Waals surface area contributed by atoms with Crippen molar-refractivity contribution in [3.8, 4) is 0 Å². The van der Waals surface area contributed by atoms with Crippen molar-refractivity contribution in [3.05, 3.63) is 4.91 Å². The fourth-order valence-electron chi connectivity index (χ4n) is 8.83. The predicted molar refractivity (Wildman–Crippen MR) is 112 cm³/mol. The fraction of sp³-hybridized carbons (Fsp3) is 0.913. The Bertz CT molecular complexity index is 800. The smallest absolute Gasteiger partial charge is 0.141 e. The van der Waals surface area contributed by atoms with Crippen molar-refractivity contribution in [1.29, 1.82) is 0 Å². The molecule has 6 heteroatoms. The van der Waals surface area contributed by atoms with E-state index < -0.39 is 21.9 Å². The van der Waals surface area contributed by atoms with Gasteiger partial charge in [0.25, 0.3) is 0 Å². The highest BCUT2D eigenvalue weighted by Gasteiger charge is 2.80. The Balaban J connectivity index is 1.89. The minimum Gasteiger partial charge on any atom is -0.323 e. The molecule has 29 heavy (non-hydrogen) atoms. The molecule has 0 spiro atoms. The topological polar surface area (TPSA) is 116 Å². The molecule has 0 radical (unpaired) electrons. The molecule has 0 amide bonds. The number of Topliss-reactive ketones (excluding diaryl/α,β-unsaturated/α-hetero) is 2. The number of carbonyl (C=O) groups is 2. The fourth-order valence-corrected chi connectivity index (χ4v) is 8.83. The van der Waals surface area contributed by atoms with E-state index in [4.69, 9.17) is 11.5 Å². The highest BCUT2D eigenvalue weighted by atomic mass is 16.3. The monoisotopic (exact) mass is 403 g/mol. The Hall–Kier alpha value is -1.14. The van der Waals surface area contributed by atoms with E-state index in [0.717, 1.165) is 12.8 Å². The summed E-state index contributed by atoms with van der Waals surface area (Å²) in [5, 5.41) is 3.36. The van der Waals surface area contributed by atoms with Crippen LogP contribution in [0, 0.1) is 32.5 Å². The van der Waals surface area contributed by atoms with Crippen LogP contribution >= 0.6 is 0 Å². The minimum absolute atomic E-state index is 0.115. The van der Waals surface area contributed by atoms with E-state index in [1.807, 2.05) is 6.92 Å². The van der Waals surface area contributed by atoms with Gasteiger partial charge in [0, 0.05) is 28.8 Å². The summed E-state index contributed by atoms with van der Waals surface area (Å²) in [5.41, 5.74) is 11.0. The predicted octanol–water partition coefficient (Wildman–Crippen LogP) is 3.49. The SMILES string of the molecule is CC(=O)[C@H]1CC[C@]2(N)[C@]3(N)CCC4(C)C[C@@H](N=O)CC[C@]4(C)[C@]3(C)C(=O)C[C@]12C. The normalized spacial score (nSPS) is 56.9. The third kappa shape index (κ3) is 2.01. The average Bonchev–Trinajstić information content (AvgIpc) is 2.92. The van der Waals surface area contributed by atoms with Gasteiger partial charge >= 0.3 is 0 Å². The van der Waals surface area contributed by atoms with Gasteiger partial charge in [-0.1, -0.05) is 32.9 Å². The van der Waals surface area contributed by atoms with Crippen molar-refractivity contribution in [2.24, 2.45) is 44.2 Å². The molecule has 0 aromatic heterocycles. The second-order valence-corrected chi connectivity index (χ2v) is 11.7. The Morgan fingerprint density at radius 3 is 2.24 bits per heavy atom. The number of fused-ring (bicyclic) bond motifs is 5. The van der Waals surface area contributed by atoms with Crippen LogP contribution in [0.25, 0.3) is 0 Å². The van der Waals surface area contributed by atoms with E-state index in [0.29, 0.717) is 38.5 Å². The Morgan fingerprint density at radius 2 is 1.66 bits per heavy atom. The maximum Gasteiger partial charge on any atom is 0.141 e. The minimum atomic E-state index is -0.871. The summed E-state index contributed by atoms with van der Waals surface area (Å²) in [4.78, 5) is 37.8. The number of nitrogens with two attached hydrogens (primary N) is 2. The molecule has 4 N–H and O–H groups in total. The van der Waals surface area contributed by atoms with Gasteiger partial charge in [0.15, 0.2) is 0 Å². The summed E-state index contributed by atoms with van der Waals surface area (Å²) < 4.78 is 0. The molecule has 8 atom stereocenters. The first-order valence-electron chi connectivity index (χ1n) is 11.2. The molecule has 4 aliphatic carbocycles. The molecule has 162 valence electrons. The lowest BCUT2D eigenvalue weighted by Gasteiger charge is -2.75. The van der Waals surface area contributed by atoms with Crippen LogP contribution in [-0.4, -0.2) is 28.7 Å². The van der Waals surface area contributed by atoms with Crippen molar-refractivity contribution in [2.45, 2.75) is 103 Å². The molecule has 0 aromatic carbocycles. The molecule has 6 nitrogen and oxygen atoms in total. The van der Waals surface area contributed by atoms with Gasteiger partial charge in [-0.2, -0.15) is 4.91 Å². The van der Waals surface area contributed by atoms with Gasteiger partial charge in [-0.15, -0.1) is 0 Å². The maximum atomic E-state index is 14.0. The second-order valence-electron chi connectivity index (χ2n) is 11.7. The molecular formula is C23H37N3O3. The van der Waals surface area contributed by atoms with Gasteiger partial charge < -0.3 is 11.5 Å². The molecule has 0 aliphatic heterocycles. The molecule has 4 saturated carbocycles. The summed E-state index contributed by atoms with van der Waals surface area (Å²) in [5.74, 6) is 0.0597. The van der Waals surface area contributed by atoms with Gasteiger partial charge in [0.1, 0.15) is 11.6 Å². The van der Waals surface area contributed by atoms with Gasteiger partial charge in [0.2, 0.25) is 0 Å². The first-order chi connectivity index (χ1) is 13.3. The summed E-state index contributed by atoms with van der Waals surface area (Å²) in [6.45, 7) is 10.1. The molecular weight excluding hydrogens is 366 g/mol. The molecule has 0 bridgehead atoms. The van der Waals surface area contributed by atoms with Gasteiger partial charge in [-0.25, -0.2) is 0 Å². The molecule has 4 rings (SSSR count). The van der Waals surface area contributed by atoms with E-state index in [1.54, 1.807) is 6.92 Å². The van der Waals surface area contributed by atoms with Crippen LogP contribution < -0.4 is 11.5 Å². The van der Waals surface area contributed by atoms with Crippen molar-refractivity contribution in [2.75, 3.05) is 0 Å². The standard InChI is InChI=1S/C23H37N3O3/c1-14(27)16-7-9-22(24)19(16,3)13-17(28)21(5)20(4)8-6-15(26-29)12-18(20,2)10-11-23(21,22)25/h15-16H,6-13,24-25H2,1-5H3/t15-,16+,18?,19+,20-,21-,22+,23-/m0/s1. The van der Waals surface area contributed by atoms with E-state index in [2.05, 4.69) is 25.9 Å². The lowest BCUT2D eigenvalue weighted by molar-refractivity contribution is -0.219. The van der Waals surface area contributed by atoms with Crippen LogP contribution in [-0.2, 0) is 9.59 Å². The molecule has 4 fully saturated rings. The van der Waals surface area contributed by atoms with Crippen LogP contribution in [0.1, 0.15) is 86.0 Å². The van der Waals surface area contributed by atoms with Crippen LogP contribution in [0.2, 0.25) is 0 Å². The number of ketones is 2. The highest BCUT2D eigenvalue weighted by Crippen LogP contribution is 2.75. The molecule has 0 aromatic rings. The number of nitroso groups, excluding NO2 is 1. The Kier molecular flexibility index (Phi) is 4.19. The number of hydrogen-bond donors (Lipinski definition) is 2.